The lowest BCUT2D eigenvalue weighted by Crippen LogP contribution is -2.49. The summed E-state index contributed by atoms with van der Waals surface area (Å²) in [5.41, 5.74) is 10.8. The molecule has 2 heterocycles. The minimum absolute atomic E-state index is 0.0186. The lowest BCUT2D eigenvalue weighted by molar-refractivity contribution is -0.126. The Bertz CT molecular complexity index is 2220. The van der Waals surface area contributed by atoms with E-state index in [1.165, 1.54) is 29.5 Å². The van der Waals surface area contributed by atoms with Gasteiger partial charge < -0.3 is 29.9 Å². The number of carbonyl (C=O) groups excluding carboxylic acids is 2. The first kappa shape index (κ1) is 55.0. The maximum absolute atomic E-state index is 14.3. The van der Waals surface area contributed by atoms with E-state index in [9.17, 15) is 9.59 Å². The minimum Gasteiger partial charge on any atom is -0.481 e. The van der Waals surface area contributed by atoms with E-state index in [1.54, 1.807) is 14.2 Å². The van der Waals surface area contributed by atoms with Crippen molar-refractivity contribution in [2.45, 2.75) is 164 Å². The Labute approximate surface area is 410 Å². The van der Waals surface area contributed by atoms with Crippen molar-refractivity contribution in [2.75, 3.05) is 39.7 Å². The molecule has 2 N–H and O–H groups in total. The Morgan fingerprint density at radius 1 is 0.955 bits per heavy atom. The average Bonchev–Trinajstić information content (AvgIpc) is 3.70. The maximum Gasteiger partial charge on any atom is 0.259 e. The van der Waals surface area contributed by atoms with Crippen LogP contribution in [0.3, 0.4) is 0 Å². The van der Waals surface area contributed by atoms with Crippen LogP contribution in [0.5, 0.6) is 5.88 Å². The smallest absolute Gasteiger partial charge is 0.259 e. The fourth-order valence-corrected chi connectivity index (χ4v) is 9.56. The van der Waals surface area contributed by atoms with Crippen LogP contribution < -0.4 is 15.4 Å². The molecule has 10 heteroatoms. The Balaban J connectivity index is 0.000000437. The second-order valence-electron chi connectivity index (χ2n) is 18.9. The van der Waals surface area contributed by atoms with E-state index in [1.807, 2.05) is 70.1 Å². The van der Waals surface area contributed by atoms with Gasteiger partial charge >= 0.3 is 0 Å². The van der Waals surface area contributed by atoms with Gasteiger partial charge in [0.1, 0.15) is 5.82 Å². The molecule has 368 valence electrons. The molecule has 3 atom stereocenters. The molecule has 2 amide bonds. The van der Waals surface area contributed by atoms with Crippen LogP contribution >= 0.6 is 11.6 Å². The highest BCUT2D eigenvalue weighted by Crippen LogP contribution is 2.46. The molecule has 0 radical (unpaired) electrons. The van der Waals surface area contributed by atoms with Crippen LogP contribution in [-0.2, 0) is 20.7 Å². The van der Waals surface area contributed by atoms with Gasteiger partial charge in [-0.05, 0) is 116 Å². The number of pyridine rings is 1. The van der Waals surface area contributed by atoms with Crippen molar-refractivity contribution in [3.63, 3.8) is 0 Å². The summed E-state index contributed by atoms with van der Waals surface area (Å²) in [6.07, 6.45) is 13.6. The minimum atomic E-state index is -0.142. The number of allylic oxidation sites excluding steroid dienone is 1. The molecule has 1 aromatic heterocycles. The number of benzene rings is 2. The Morgan fingerprint density at radius 2 is 1.61 bits per heavy atom. The van der Waals surface area contributed by atoms with Crippen molar-refractivity contribution in [2.24, 2.45) is 11.8 Å². The van der Waals surface area contributed by atoms with Gasteiger partial charge in [0.05, 0.1) is 35.7 Å². The molecule has 2 aromatic carbocycles. The third-order valence-electron chi connectivity index (χ3n) is 14.4. The van der Waals surface area contributed by atoms with E-state index in [-0.39, 0.29) is 29.2 Å². The van der Waals surface area contributed by atoms with Gasteiger partial charge in [0.25, 0.3) is 5.91 Å². The molecule has 6 rings (SSSR count). The monoisotopic (exact) mass is 938 g/mol. The van der Waals surface area contributed by atoms with Crippen molar-refractivity contribution >= 4 is 29.1 Å². The van der Waals surface area contributed by atoms with Crippen LogP contribution in [0.1, 0.15) is 169 Å². The zero-order valence-electron chi connectivity index (χ0n) is 43.7. The number of aryl methyl sites for hydroxylation is 1. The van der Waals surface area contributed by atoms with E-state index in [0.29, 0.717) is 35.5 Å². The summed E-state index contributed by atoms with van der Waals surface area (Å²) < 4.78 is 11.1. The number of carbonyl (C=O) groups is 2. The summed E-state index contributed by atoms with van der Waals surface area (Å²) >= 11 is 7.30. The van der Waals surface area contributed by atoms with Crippen molar-refractivity contribution in [1.29, 1.82) is 0 Å². The summed E-state index contributed by atoms with van der Waals surface area (Å²) in [6, 6.07) is 14.4. The molecular formula is C57H84ClN5O4. The number of amides is 2. The maximum atomic E-state index is 14.3. The summed E-state index contributed by atoms with van der Waals surface area (Å²) in [7, 11) is 5.36. The summed E-state index contributed by atoms with van der Waals surface area (Å²) in [4.78, 5) is 35.2. The van der Waals surface area contributed by atoms with Crippen LogP contribution in [0, 0.1) is 11.8 Å². The van der Waals surface area contributed by atoms with Gasteiger partial charge in [0.15, 0.2) is 0 Å². The number of hydrogen-bond acceptors (Lipinski definition) is 7. The van der Waals surface area contributed by atoms with Crippen LogP contribution in [0.2, 0.25) is 5.02 Å². The Kier molecular flexibility index (Phi) is 21.1. The van der Waals surface area contributed by atoms with Crippen molar-refractivity contribution in [3.05, 3.63) is 99.6 Å². The summed E-state index contributed by atoms with van der Waals surface area (Å²) in [5, 5.41) is 7.24. The number of anilines is 1. The number of rotatable bonds is 18. The van der Waals surface area contributed by atoms with Gasteiger partial charge in [0.2, 0.25) is 11.8 Å². The van der Waals surface area contributed by atoms with Crippen molar-refractivity contribution in [1.82, 2.24) is 20.1 Å². The number of likely N-dealkylation sites (N-methyl/N-ethyl adjacent to an activating group) is 1. The number of fused-ring (bicyclic) bond motifs is 1. The van der Waals surface area contributed by atoms with Gasteiger partial charge in [-0.15, -0.1) is 0 Å². The molecule has 1 aliphatic heterocycles. The van der Waals surface area contributed by atoms with Crippen LogP contribution in [0.4, 0.5) is 5.69 Å². The standard InChI is InChI=1S/C40H47ClN4O3.C15H31NO.C2H6/c1-8-24(2)36-29(30-15-10-16-31(37(30)41)34-22-28-19-18-25(3)35(28)40(43-34)48-7)14-11-17-33(36)42-39(46)32-23-45(20-21-47-6)26(4)44(5)38(32)27-12-9-13-27;1-7-13(6)10-11-15(8-2,9-3)16-14(17)12(4)5;1-2/h10-11,14-17,22-25H,4,8-9,12-13,18-21H2,1-3,5-7H3,(H,42,46);12-13H,7-11H2,1-6H3,(H,16,17);1-2H3/t;13-;/m.1./s1. The molecule has 9 nitrogen and oxygen atoms in total. The fraction of sp³-hybridized carbons (Fsp3) is 0.561. The predicted octanol–water partition coefficient (Wildman–Crippen LogP) is 14.4. The van der Waals surface area contributed by atoms with Crippen LogP contribution in [0.25, 0.3) is 22.4 Å². The SMILES string of the molecule is C=C1N(CCOC)C=C(C(=O)Nc2cccc(-c3cccc(-c4cc5c(c(OC)n4)C(C)CC5)c3Cl)c2C(C)CC)C(=C2CCC2)N1C.CC.CC[C@@H](C)CCC(CC)(CC)NC(=O)C(C)C. The predicted molar refractivity (Wildman–Crippen MR) is 282 cm³/mol. The molecule has 3 aliphatic rings. The molecule has 1 fully saturated rings. The molecule has 0 bridgehead atoms. The van der Waals surface area contributed by atoms with Crippen molar-refractivity contribution in [3.8, 4) is 28.3 Å². The summed E-state index contributed by atoms with van der Waals surface area (Å²) in [6.45, 7) is 28.9. The molecule has 2 aliphatic carbocycles. The first-order valence-electron chi connectivity index (χ1n) is 25.3. The number of ether oxygens (including phenoxy) is 2. The van der Waals surface area contributed by atoms with E-state index in [0.717, 1.165) is 109 Å². The molecular weight excluding hydrogens is 854 g/mol. The first-order chi connectivity index (χ1) is 32.1. The highest BCUT2D eigenvalue weighted by molar-refractivity contribution is 6.36. The second-order valence-corrected chi connectivity index (χ2v) is 19.3. The quantitative estimate of drug-likeness (QED) is 0.131. The number of nitrogens with one attached hydrogen (secondary N) is 2. The third-order valence-corrected chi connectivity index (χ3v) is 14.8. The number of nitrogens with zero attached hydrogens (tertiary/aromatic N) is 3. The molecule has 2 unspecified atom stereocenters. The Morgan fingerprint density at radius 3 is 2.19 bits per heavy atom. The normalized spacial score (nSPS) is 16.5. The number of hydrogen-bond donors (Lipinski definition) is 2. The zero-order chi connectivity index (χ0) is 49.6. The average molecular weight is 939 g/mol. The lowest BCUT2D eigenvalue weighted by Gasteiger charge is -2.40. The first-order valence-corrected chi connectivity index (χ1v) is 25.7. The molecule has 0 spiro atoms. The van der Waals surface area contributed by atoms with Crippen LogP contribution in [-0.4, -0.2) is 66.6 Å². The molecule has 0 saturated heterocycles. The third kappa shape index (κ3) is 12.9. The van der Waals surface area contributed by atoms with Gasteiger partial charge in [0, 0.05) is 60.7 Å². The number of aromatic nitrogens is 1. The second kappa shape index (κ2) is 25.7. The molecule has 67 heavy (non-hydrogen) atoms. The van der Waals surface area contributed by atoms with Gasteiger partial charge in [-0.3, -0.25) is 9.59 Å². The van der Waals surface area contributed by atoms with Crippen molar-refractivity contribution < 1.29 is 19.1 Å². The van der Waals surface area contributed by atoms with Gasteiger partial charge in [-0.1, -0.05) is 131 Å². The van der Waals surface area contributed by atoms with E-state index in [2.05, 4.69) is 88.8 Å². The van der Waals surface area contributed by atoms with E-state index < -0.39 is 0 Å². The zero-order valence-corrected chi connectivity index (χ0v) is 44.4. The van der Waals surface area contributed by atoms with E-state index >= 15 is 0 Å². The van der Waals surface area contributed by atoms with Gasteiger partial charge in [-0.25, -0.2) is 4.98 Å². The Hall–Kier alpha value is -4.60. The number of methoxy groups -OCH3 is 2. The topological polar surface area (TPSA) is 96.0 Å². The summed E-state index contributed by atoms with van der Waals surface area (Å²) in [5.74, 6) is 2.98. The fourth-order valence-electron chi connectivity index (χ4n) is 9.23. The van der Waals surface area contributed by atoms with E-state index in [4.69, 9.17) is 26.1 Å². The largest absolute Gasteiger partial charge is 0.481 e. The molecule has 1 saturated carbocycles. The highest BCUT2D eigenvalue weighted by Gasteiger charge is 2.33. The number of halogens is 1. The lowest BCUT2D eigenvalue weighted by atomic mass is 9.84. The molecule has 3 aromatic rings. The highest BCUT2D eigenvalue weighted by atomic mass is 35.5. The van der Waals surface area contributed by atoms with Gasteiger partial charge in [-0.2, -0.15) is 0 Å². The van der Waals surface area contributed by atoms with Crippen LogP contribution in [0.15, 0.2) is 77.9 Å².